The number of rotatable bonds is 20. The van der Waals surface area contributed by atoms with Gasteiger partial charge in [0.2, 0.25) is 0 Å². The Kier molecular flexibility index (Phi) is 17.3. The van der Waals surface area contributed by atoms with Gasteiger partial charge in [0.25, 0.3) is 7.82 Å². The highest BCUT2D eigenvalue weighted by atomic mass is 31.2. The molecular weight excluding hydrogens is 393 g/mol. The fourth-order valence-corrected chi connectivity index (χ4v) is 3.22. The summed E-state index contributed by atoms with van der Waals surface area (Å²) in [5.74, 6) is 0. The third-order valence-electron chi connectivity index (χ3n) is 4.28. The molecule has 2 unspecified atom stereocenters. The van der Waals surface area contributed by atoms with Crippen LogP contribution in [-0.4, -0.2) is 69.8 Å². The van der Waals surface area contributed by atoms with E-state index in [1.165, 1.54) is 44.9 Å². The van der Waals surface area contributed by atoms with E-state index in [9.17, 15) is 14.6 Å². The van der Waals surface area contributed by atoms with E-state index in [0.29, 0.717) is 17.6 Å². The molecule has 0 rings (SSSR count). The molecule has 7 nitrogen and oxygen atoms in total. The smallest absolute Gasteiger partial charge is 0.268 e. The van der Waals surface area contributed by atoms with Crippen LogP contribution < -0.4 is 4.89 Å². The fourth-order valence-electron chi connectivity index (χ4n) is 2.48. The van der Waals surface area contributed by atoms with Gasteiger partial charge in [0, 0.05) is 6.61 Å². The van der Waals surface area contributed by atoms with Crippen LogP contribution in [0.3, 0.4) is 0 Å². The van der Waals surface area contributed by atoms with Crippen molar-refractivity contribution in [3.05, 3.63) is 12.2 Å². The molecule has 0 fully saturated rings. The molecule has 0 aliphatic carbocycles. The van der Waals surface area contributed by atoms with E-state index in [0.717, 1.165) is 12.8 Å². The number of phosphoric ester groups is 1. The topological polar surface area (TPSA) is 88.0 Å². The van der Waals surface area contributed by atoms with Gasteiger partial charge in [0.05, 0.1) is 34.4 Å². The van der Waals surface area contributed by atoms with Gasteiger partial charge in [0.1, 0.15) is 19.3 Å². The molecule has 0 aliphatic rings. The van der Waals surface area contributed by atoms with E-state index in [-0.39, 0.29) is 19.8 Å². The molecule has 0 bridgehead atoms. The molecule has 0 saturated heterocycles. The highest BCUT2D eigenvalue weighted by molar-refractivity contribution is 7.45. The van der Waals surface area contributed by atoms with E-state index >= 15 is 0 Å². The molecule has 0 radical (unpaired) electrons. The van der Waals surface area contributed by atoms with Gasteiger partial charge >= 0.3 is 0 Å². The molecule has 0 aromatic carbocycles. The van der Waals surface area contributed by atoms with E-state index < -0.39 is 13.9 Å². The number of hydrogen-bond donors (Lipinski definition) is 1. The van der Waals surface area contributed by atoms with Crippen molar-refractivity contribution >= 4 is 7.82 Å². The minimum Gasteiger partial charge on any atom is -0.756 e. The monoisotopic (exact) mass is 437 g/mol. The molecule has 0 aromatic rings. The van der Waals surface area contributed by atoms with Crippen molar-refractivity contribution in [3.8, 4) is 0 Å². The molecule has 0 aliphatic heterocycles. The van der Waals surface area contributed by atoms with Crippen LogP contribution in [0.2, 0.25) is 0 Å². The summed E-state index contributed by atoms with van der Waals surface area (Å²) in [7, 11) is 1.43. The summed E-state index contributed by atoms with van der Waals surface area (Å²) in [6, 6.07) is 0. The predicted octanol–water partition coefficient (Wildman–Crippen LogP) is 3.66. The Morgan fingerprint density at radius 2 is 1.55 bits per heavy atom. The molecular formula is C21H44NO6P. The third-order valence-corrected chi connectivity index (χ3v) is 5.24. The molecule has 1 N–H and O–H groups in total. The molecule has 174 valence electrons. The first-order valence-corrected chi connectivity index (χ1v) is 12.4. The van der Waals surface area contributed by atoms with Gasteiger partial charge in [-0.3, -0.25) is 4.57 Å². The van der Waals surface area contributed by atoms with Crippen molar-refractivity contribution in [3.63, 3.8) is 0 Å². The first-order valence-electron chi connectivity index (χ1n) is 11.0. The molecule has 8 heteroatoms. The second-order valence-electron chi connectivity index (χ2n) is 8.49. The maximum absolute atomic E-state index is 11.6. The van der Waals surface area contributed by atoms with Crippen LogP contribution in [0.1, 0.15) is 64.7 Å². The number of allylic oxidation sites excluding steroid dienone is 2. The van der Waals surface area contributed by atoms with Crippen LogP contribution in [0.5, 0.6) is 0 Å². The number of quaternary nitrogens is 1. The van der Waals surface area contributed by atoms with Crippen LogP contribution in [0.15, 0.2) is 12.2 Å². The highest BCUT2D eigenvalue weighted by Crippen LogP contribution is 2.38. The lowest BCUT2D eigenvalue weighted by molar-refractivity contribution is -0.870. The Bertz CT molecular complexity index is 453. The largest absolute Gasteiger partial charge is 0.756 e. The van der Waals surface area contributed by atoms with Gasteiger partial charge < -0.3 is 28.3 Å². The molecule has 0 aromatic heterocycles. The van der Waals surface area contributed by atoms with Crippen LogP contribution in [0.25, 0.3) is 0 Å². The van der Waals surface area contributed by atoms with Gasteiger partial charge in [-0.25, -0.2) is 0 Å². The fraction of sp³-hybridized carbons (Fsp3) is 0.905. The van der Waals surface area contributed by atoms with Crippen molar-refractivity contribution in [2.75, 3.05) is 54.1 Å². The number of nitrogens with zero attached hydrogens (tertiary/aromatic N) is 1. The third kappa shape index (κ3) is 22.2. The van der Waals surface area contributed by atoms with Crippen LogP contribution in [-0.2, 0) is 18.3 Å². The Morgan fingerprint density at radius 3 is 2.21 bits per heavy atom. The van der Waals surface area contributed by atoms with E-state index in [4.69, 9.17) is 13.8 Å². The zero-order valence-electron chi connectivity index (χ0n) is 19.0. The summed E-state index contributed by atoms with van der Waals surface area (Å²) >= 11 is 0. The maximum Gasteiger partial charge on any atom is 0.268 e. The Morgan fingerprint density at radius 1 is 0.931 bits per heavy atom. The maximum atomic E-state index is 11.6. The Balaban J connectivity index is 3.51. The molecule has 2 atom stereocenters. The van der Waals surface area contributed by atoms with E-state index in [1.807, 2.05) is 21.1 Å². The first kappa shape index (κ1) is 28.7. The summed E-state index contributed by atoms with van der Waals surface area (Å²) in [5.41, 5.74) is 0. The van der Waals surface area contributed by atoms with Crippen molar-refractivity contribution in [1.82, 2.24) is 0 Å². The number of phosphoric acid groups is 1. The van der Waals surface area contributed by atoms with Crippen molar-refractivity contribution in [1.29, 1.82) is 0 Å². The normalized spacial score (nSPS) is 15.7. The number of unbranched alkanes of at least 4 members (excludes halogenated alkanes) is 7. The Hall–Kier alpha value is -0.270. The molecule has 29 heavy (non-hydrogen) atoms. The van der Waals surface area contributed by atoms with Gasteiger partial charge in [-0.2, -0.15) is 0 Å². The molecule has 0 spiro atoms. The van der Waals surface area contributed by atoms with E-state index in [1.54, 1.807) is 0 Å². The summed E-state index contributed by atoms with van der Waals surface area (Å²) < 4.78 is 27.1. The Labute approximate surface area is 178 Å². The standard InChI is InChI=1S/C21H44NO6P/c1-5-6-7-8-9-10-11-12-13-14-15-17-26-19-21(23)20-28-29(24,25)27-18-16-22(2,3)4/h7-8,21,23H,5-6,9-20H2,1-4H3/b8-7-. The zero-order valence-corrected chi connectivity index (χ0v) is 19.9. The van der Waals surface area contributed by atoms with Crippen molar-refractivity contribution in [2.45, 2.75) is 70.8 Å². The SMILES string of the molecule is CCC/C=C\CCCCCCCCOCC(O)COP(=O)([O-])OCC[N+](C)(C)C. The summed E-state index contributed by atoms with van der Waals surface area (Å²) in [6.45, 7) is 3.05. The number of hydrogen-bond acceptors (Lipinski definition) is 6. The van der Waals surface area contributed by atoms with Crippen LogP contribution in [0, 0.1) is 0 Å². The average molecular weight is 438 g/mol. The van der Waals surface area contributed by atoms with Gasteiger partial charge in [-0.1, -0.05) is 51.2 Å². The second-order valence-corrected chi connectivity index (χ2v) is 9.90. The number of aliphatic hydroxyl groups is 1. The van der Waals surface area contributed by atoms with Crippen LogP contribution >= 0.6 is 7.82 Å². The lowest BCUT2D eigenvalue weighted by Crippen LogP contribution is -2.37. The van der Waals surface area contributed by atoms with Gasteiger partial charge in [0.15, 0.2) is 0 Å². The lowest BCUT2D eigenvalue weighted by atomic mass is 10.1. The number of ether oxygens (including phenoxy) is 1. The van der Waals surface area contributed by atoms with Gasteiger partial charge in [-0.15, -0.1) is 0 Å². The average Bonchev–Trinajstić information content (AvgIpc) is 2.62. The number of likely N-dealkylation sites (N-methyl/N-ethyl adjacent to an activating group) is 1. The molecule has 0 saturated carbocycles. The summed E-state index contributed by atoms with van der Waals surface area (Å²) in [5, 5.41) is 9.77. The zero-order chi connectivity index (χ0) is 22.0. The first-order chi connectivity index (χ1) is 13.7. The van der Waals surface area contributed by atoms with Crippen LogP contribution in [0.4, 0.5) is 0 Å². The summed E-state index contributed by atoms with van der Waals surface area (Å²) in [4.78, 5) is 11.6. The quantitative estimate of drug-likeness (QED) is 0.135. The number of aliphatic hydroxyl groups excluding tert-OH is 1. The minimum absolute atomic E-state index is 0.0480. The second kappa shape index (κ2) is 17.4. The van der Waals surface area contributed by atoms with E-state index in [2.05, 4.69) is 19.1 Å². The molecule has 0 heterocycles. The van der Waals surface area contributed by atoms with Gasteiger partial charge in [-0.05, 0) is 25.7 Å². The predicted molar refractivity (Wildman–Crippen MR) is 116 cm³/mol. The molecule has 0 amide bonds. The lowest BCUT2D eigenvalue weighted by Gasteiger charge is -2.27. The van der Waals surface area contributed by atoms with Crippen molar-refractivity contribution in [2.24, 2.45) is 0 Å². The van der Waals surface area contributed by atoms with Crippen molar-refractivity contribution < 1.29 is 32.8 Å². The highest BCUT2D eigenvalue weighted by Gasteiger charge is 2.15. The minimum atomic E-state index is -4.38. The summed E-state index contributed by atoms with van der Waals surface area (Å²) in [6.07, 6.45) is 14.1.